The average Bonchev–Trinajstić information content (AvgIpc) is 2.28. The van der Waals surface area contributed by atoms with Crippen LogP contribution >= 0.6 is 0 Å². The van der Waals surface area contributed by atoms with Crippen LogP contribution in [0.1, 0.15) is 59.3 Å². The third-order valence-corrected chi connectivity index (χ3v) is 5.28. The molecule has 2 fully saturated rings. The largest absolute Gasteiger partial charge is 0.330 e. The molecule has 0 saturated heterocycles. The number of nitrogens with two attached hydrogens (primary N) is 1. The van der Waals surface area contributed by atoms with E-state index in [1.807, 2.05) is 0 Å². The van der Waals surface area contributed by atoms with Crippen LogP contribution in [0.4, 0.5) is 0 Å². The minimum Gasteiger partial charge on any atom is -0.330 e. The Hall–Kier alpha value is -0.0400. The van der Waals surface area contributed by atoms with E-state index >= 15 is 0 Å². The van der Waals surface area contributed by atoms with E-state index in [4.69, 9.17) is 5.73 Å². The van der Waals surface area contributed by atoms with Crippen molar-refractivity contribution in [3.8, 4) is 0 Å². The second-order valence-corrected chi connectivity index (χ2v) is 6.78. The van der Waals surface area contributed by atoms with Crippen molar-refractivity contribution in [2.24, 2.45) is 28.4 Å². The molecule has 0 aromatic heterocycles. The number of fused-ring (bicyclic) bond motifs is 1. The first-order valence-electron chi connectivity index (χ1n) is 6.71. The summed E-state index contributed by atoms with van der Waals surface area (Å²) < 4.78 is 0. The van der Waals surface area contributed by atoms with E-state index in [9.17, 15) is 0 Å². The first-order chi connectivity index (χ1) is 7.01. The van der Waals surface area contributed by atoms with Crippen LogP contribution in [0.2, 0.25) is 0 Å². The van der Waals surface area contributed by atoms with Crippen molar-refractivity contribution in [3.05, 3.63) is 0 Å². The van der Waals surface area contributed by atoms with Gasteiger partial charge in [0.15, 0.2) is 0 Å². The summed E-state index contributed by atoms with van der Waals surface area (Å²) in [4.78, 5) is 0. The van der Waals surface area contributed by atoms with Crippen LogP contribution in [-0.4, -0.2) is 6.54 Å². The molecule has 2 saturated carbocycles. The summed E-state index contributed by atoms with van der Waals surface area (Å²) in [6, 6.07) is 0. The monoisotopic (exact) mass is 209 g/mol. The summed E-state index contributed by atoms with van der Waals surface area (Å²) in [6.45, 7) is 8.13. The molecule has 0 aliphatic heterocycles. The lowest BCUT2D eigenvalue weighted by Crippen LogP contribution is -2.46. The lowest BCUT2D eigenvalue weighted by Gasteiger charge is -2.54. The Bertz CT molecular complexity index is 235. The summed E-state index contributed by atoms with van der Waals surface area (Å²) in [5.74, 6) is 1.86. The fourth-order valence-corrected chi connectivity index (χ4v) is 4.47. The molecule has 1 heteroatoms. The zero-order valence-corrected chi connectivity index (χ0v) is 10.7. The second kappa shape index (κ2) is 3.76. The molecule has 2 unspecified atom stereocenters. The molecule has 3 atom stereocenters. The number of hydrogen-bond acceptors (Lipinski definition) is 1. The second-order valence-electron chi connectivity index (χ2n) is 6.78. The minimum atomic E-state index is 0.654. The molecule has 2 rings (SSSR count). The van der Waals surface area contributed by atoms with Crippen LogP contribution in [-0.2, 0) is 0 Å². The number of hydrogen-bond donors (Lipinski definition) is 1. The summed E-state index contributed by atoms with van der Waals surface area (Å²) in [7, 11) is 0. The van der Waals surface area contributed by atoms with E-state index in [1.54, 1.807) is 0 Å². The van der Waals surface area contributed by atoms with Crippen molar-refractivity contribution in [1.82, 2.24) is 0 Å². The van der Waals surface area contributed by atoms with E-state index in [-0.39, 0.29) is 0 Å². The molecule has 15 heavy (non-hydrogen) atoms. The maximum Gasteiger partial charge on any atom is -0.00718 e. The SMILES string of the molecule is CC(C)C[C@H]1CC2(C)CCC2(CCN)C1. The molecular formula is C14H27N. The van der Waals surface area contributed by atoms with Gasteiger partial charge in [-0.05, 0) is 67.7 Å². The van der Waals surface area contributed by atoms with Gasteiger partial charge < -0.3 is 5.73 Å². The number of rotatable bonds is 4. The quantitative estimate of drug-likeness (QED) is 0.752. The zero-order valence-electron chi connectivity index (χ0n) is 10.7. The Kier molecular flexibility index (Phi) is 2.87. The maximum atomic E-state index is 5.80. The van der Waals surface area contributed by atoms with E-state index < -0.39 is 0 Å². The van der Waals surface area contributed by atoms with Gasteiger partial charge in [0.2, 0.25) is 0 Å². The molecule has 2 N–H and O–H groups in total. The highest BCUT2D eigenvalue weighted by molar-refractivity contribution is 5.10. The lowest BCUT2D eigenvalue weighted by atomic mass is 9.51. The lowest BCUT2D eigenvalue weighted by molar-refractivity contribution is -0.0394. The van der Waals surface area contributed by atoms with Gasteiger partial charge in [0, 0.05) is 0 Å². The topological polar surface area (TPSA) is 26.0 Å². The molecule has 2 aliphatic carbocycles. The van der Waals surface area contributed by atoms with E-state index in [1.165, 1.54) is 38.5 Å². The normalized spacial score (nSPS) is 44.2. The van der Waals surface area contributed by atoms with Crippen molar-refractivity contribution in [2.45, 2.75) is 59.3 Å². The van der Waals surface area contributed by atoms with Crippen LogP contribution < -0.4 is 5.73 Å². The predicted octanol–water partition coefficient (Wildman–Crippen LogP) is 3.58. The van der Waals surface area contributed by atoms with Gasteiger partial charge in [0.1, 0.15) is 0 Å². The molecule has 0 bridgehead atoms. The van der Waals surface area contributed by atoms with Gasteiger partial charge in [-0.1, -0.05) is 20.8 Å². The van der Waals surface area contributed by atoms with Gasteiger partial charge >= 0.3 is 0 Å². The molecule has 1 nitrogen and oxygen atoms in total. The van der Waals surface area contributed by atoms with Gasteiger partial charge in [-0.25, -0.2) is 0 Å². The van der Waals surface area contributed by atoms with E-state index in [0.29, 0.717) is 10.8 Å². The Morgan fingerprint density at radius 3 is 2.47 bits per heavy atom. The van der Waals surface area contributed by atoms with Gasteiger partial charge in [-0.15, -0.1) is 0 Å². The standard InChI is InChI=1S/C14H27N/c1-11(2)8-12-9-13(3)4-5-14(13,10-12)6-7-15/h11-12H,4-10,15H2,1-3H3/t12-,13?,14?/m0/s1. The van der Waals surface area contributed by atoms with Crippen LogP contribution in [0.5, 0.6) is 0 Å². The summed E-state index contributed by atoms with van der Waals surface area (Å²) >= 11 is 0. The molecule has 0 aromatic rings. The highest BCUT2D eigenvalue weighted by Crippen LogP contribution is 2.69. The average molecular weight is 209 g/mol. The van der Waals surface area contributed by atoms with Crippen molar-refractivity contribution in [2.75, 3.05) is 6.54 Å². The van der Waals surface area contributed by atoms with Crippen LogP contribution in [0.15, 0.2) is 0 Å². The zero-order chi connectivity index (χ0) is 11.1. The Labute approximate surface area is 94.8 Å². The smallest absolute Gasteiger partial charge is 0.00718 e. The molecule has 2 aliphatic rings. The van der Waals surface area contributed by atoms with Crippen molar-refractivity contribution in [1.29, 1.82) is 0 Å². The highest BCUT2D eigenvalue weighted by Gasteiger charge is 2.60. The van der Waals surface area contributed by atoms with Crippen LogP contribution in [0, 0.1) is 22.7 Å². The molecule has 0 aromatic carbocycles. The van der Waals surface area contributed by atoms with Crippen molar-refractivity contribution in [3.63, 3.8) is 0 Å². The van der Waals surface area contributed by atoms with Crippen LogP contribution in [0.3, 0.4) is 0 Å². The third kappa shape index (κ3) is 1.73. The molecular weight excluding hydrogens is 182 g/mol. The first-order valence-corrected chi connectivity index (χ1v) is 6.71. The molecule has 0 heterocycles. The summed E-state index contributed by atoms with van der Waals surface area (Å²) in [6.07, 6.45) is 8.57. The molecule has 0 spiro atoms. The fourth-order valence-electron chi connectivity index (χ4n) is 4.47. The summed E-state index contributed by atoms with van der Waals surface area (Å²) in [5, 5.41) is 0. The van der Waals surface area contributed by atoms with Gasteiger partial charge in [-0.2, -0.15) is 0 Å². The molecule has 0 amide bonds. The van der Waals surface area contributed by atoms with E-state index in [0.717, 1.165) is 18.4 Å². The Morgan fingerprint density at radius 2 is 2.00 bits per heavy atom. The Balaban J connectivity index is 2.02. The van der Waals surface area contributed by atoms with Gasteiger partial charge in [0.05, 0.1) is 0 Å². The molecule has 88 valence electrons. The molecule has 0 radical (unpaired) electrons. The van der Waals surface area contributed by atoms with Gasteiger partial charge in [-0.3, -0.25) is 0 Å². The van der Waals surface area contributed by atoms with E-state index in [2.05, 4.69) is 20.8 Å². The summed E-state index contributed by atoms with van der Waals surface area (Å²) in [5.41, 5.74) is 7.11. The van der Waals surface area contributed by atoms with Crippen LogP contribution in [0.25, 0.3) is 0 Å². The Morgan fingerprint density at radius 1 is 1.27 bits per heavy atom. The highest BCUT2D eigenvalue weighted by atomic mass is 14.7. The van der Waals surface area contributed by atoms with Gasteiger partial charge in [0.25, 0.3) is 0 Å². The maximum absolute atomic E-state index is 5.80. The minimum absolute atomic E-state index is 0.654. The van der Waals surface area contributed by atoms with Crippen molar-refractivity contribution < 1.29 is 0 Å². The predicted molar refractivity (Wildman–Crippen MR) is 65.6 cm³/mol. The fraction of sp³-hybridized carbons (Fsp3) is 1.00. The first kappa shape index (κ1) is 11.4. The van der Waals surface area contributed by atoms with Crippen molar-refractivity contribution >= 4 is 0 Å². The third-order valence-electron chi connectivity index (χ3n) is 5.28.